The van der Waals surface area contributed by atoms with Gasteiger partial charge < -0.3 is 49.9 Å². The van der Waals surface area contributed by atoms with Crippen LogP contribution in [0.1, 0.15) is 74.7 Å². The van der Waals surface area contributed by atoms with E-state index >= 15 is 0 Å². The van der Waals surface area contributed by atoms with Crippen molar-refractivity contribution in [3.05, 3.63) is 0 Å². The number of ether oxygens (including phenoxy) is 3. The molecule has 6 N–H and O–H groups in total. The number of nitrogens with zero attached hydrogens (tertiary/aromatic N) is 2. The van der Waals surface area contributed by atoms with Crippen LogP contribution in [-0.2, 0) is 19.0 Å². The van der Waals surface area contributed by atoms with Crippen molar-refractivity contribution in [3.63, 3.8) is 0 Å². The van der Waals surface area contributed by atoms with E-state index in [1.54, 1.807) is 27.7 Å². The average molecular weight is 591 g/mol. The SMILES string of the molecule is CC[C@H]1OC(=O)[C@H](C)[C@@H](O)[C@H](C)[C@@H](O[C@@H]2O[C@H](C)C[C@H](N(C)C)C2O)[C@](C)(O)C[C@@H](C)C(=NO)[C@H](C)[C@@H](O)[C@]1(C)O. The summed E-state index contributed by atoms with van der Waals surface area (Å²) in [5.41, 5.74) is -3.51. The van der Waals surface area contributed by atoms with E-state index in [9.17, 15) is 35.5 Å². The van der Waals surface area contributed by atoms with Gasteiger partial charge in [-0.15, -0.1) is 0 Å². The van der Waals surface area contributed by atoms with E-state index < -0.39 is 77.7 Å². The molecule has 0 aromatic rings. The van der Waals surface area contributed by atoms with Crippen LogP contribution in [0.2, 0.25) is 0 Å². The fourth-order valence-corrected chi connectivity index (χ4v) is 6.61. The van der Waals surface area contributed by atoms with Gasteiger partial charge in [-0.2, -0.15) is 0 Å². The van der Waals surface area contributed by atoms with Gasteiger partial charge in [0.25, 0.3) is 0 Å². The third kappa shape index (κ3) is 7.77. The number of esters is 1. The van der Waals surface area contributed by atoms with Crippen LogP contribution in [-0.4, -0.2) is 122 Å². The number of carbonyl (C=O) groups excluding carboxylic acids is 1. The van der Waals surface area contributed by atoms with Crippen molar-refractivity contribution in [1.29, 1.82) is 0 Å². The van der Waals surface area contributed by atoms with Gasteiger partial charge in [0.2, 0.25) is 0 Å². The van der Waals surface area contributed by atoms with Crippen LogP contribution in [0, 0.1) is 23.7 Å². The minimum absolute atomic E-state index is 0.0428. The van der Waals surface area contributed by atoms with Crippen LogP contribution in [0.3, 0.4) is 0 Å². The molecule has 2 saturated heterocycles. The van der Waals surface area contributed by atoms with Gasteiger partial charge in [0.1, 0.15) is 17.8 Å². The van der Waals surface area contributed by atoms with E-state index in [2.05, 4.69) is 5.16 Å². The molecule has 0 bridgehead atoms. The molecule has 14 atom stereocenters. The summed E-state index contributed by atoms with van der Waals surface area (Å²) in [7, 11) is 3.68. The average Bonchev–Trinajstić information content (AvgIpc) is 2.88. The Morgan fingerprint density at radius 3 is 2.12 bits per heavy atom. The fourth-order valence-electron chi connectivity index (χ4n) is 6.61. The van der Waals surface area contributed by atoms with Crippen LogP contribution >= 0.6 is 0 Å². The van der Waals surface area contributed by atoms with E-state index in [1.807, 2.05) is 25.9 Å². The molecule has 0 aliphatic carbocycles. The lowest BCUT2D eigenvalue weighted by Gasteiger charge is -2.47. The van der Waals surface area contributed by atoms with E-state index in [1.165, 1.54) is 20.8 Å². The van der Waals surface area contributed by atoms with Crippen molar-refractivity contribution in [2.24, 2.45) is 28.8 Å². The van der Waals surface area contributed by atoms with Gasteiger partial charge >= 0.3 is 5.97 Å². The minimum atomic E-state index is -1.91. The first-order valence-electron chi connectivity index (χ1n) is 14.7. The number of aliphatic hydroxyl groups excluding tert-OH is 3. The lowest BCUT2D eigenvalue weighted by atomic mass is 9.73. The van der Waals surface area contributed by atoms with Crippen molar-refractivity contribution in [2.75, 3.05) is 14.1 Å². The number of oxime groups is 1. The molecule has 2 aliphatic rings. The maximum absolute atomic E-state index is 13.2. The van der Waals surface area contributed by atoms with Crippen LogP contribution in [0.25, 0.3) is 0 Å². The van der Waals surface area contributed by atoms with Gasteiger partial charge in [-0.3, -0.25) is 4.79 Å². The summed E-state index contributed by atoms with van der Waals surface area (Å²) >= 11 is 0. The molecular formula is C29H54N2O10. The fraction of sp³-hybridized carbons (Fsp3) is 0.931. The maximum atomic E-state index is 13.2. The summed E-state index contributed by atoms with van der Waals surface area (Å²) in [6.45, 7) is 12.8. The number of carbonyl (C=O) groups is 1. The van der Waals surface area contributed by atoms with E-state index in [0.29, 0.717) is 6.42 Å². The third-order valence-electron chi connectivity index (χ3n) is 9.23. The van der Waals surface area contributed by atoms with Crippen molar-refractivity contribution in [2.45, 2.75) is 135 Å². The van der Waals surface area contributed by atoms with Gasteiger partial charge in [0.05, 0.1) is 41.6 Å². The Labute approximate surface area is 244 Å². The molecule has 41 heavy (non-hydrogen) atoms. The van der Waals surface area contributed by atoms with Gasteiger partial charge in [0, 0.05) is 23.8 Å². The summed E-state index contributed by atoms with van der Waals surface area (Å²) in [6.07, 6.45) is -6.92. The van der Waals surface area contributed by atoms with Crippen molar-refractivity contribution < 1.29 is 49.7 Å². The Bertz CT molecular complexity index is 897. The first-order valence-corrected chi connectivity index (χ1v) is 14.7. The number of cyclic esters (lactones) is 1. The highest BCUT2D eigenvalue weighted by Crippen LogP contribution is 2.37. The highest BCUT2D eigenvalue weighted by Gasteiger charge is 2.51. The van der Waals surface area contributed by atoms with Crippen molar-refractivity contribution in [3.8, 4) is 0 Å². The summed E-state index contributed by atoms with van der Waals surface area (Å²) < 4.78 is 17.9. The second-order valence-electron chi connectivity index (χ2n) is 13.0. The molecule has 2 aliphatic heterocycles. The van der Waals surface area contributed by atoms with Crippen LogP contribution in [0.4, 0.5) is 0 Å². The zero-order chi connectivity index (χ0) is 31.6. The number of hydrogen-bond acceptors (Lipinski definition) is 12. The number of hydrogen-bond donors (Lipinski definition) is 6. The topological polar surface area (TPSA) is 182 Å². The lowest BCUT2D eigenvalue weighted by Crippen LogP contribution is -2.60. The standard InChI is InChI=1S/C29H54N2O10/c1-11-20-29(8,37)24(34)16(4)21(30-38)14(2)13-28(7,36)25(17(5)22(32)18(6)26(35)40-20)41-27-23(33)19(31(9)10)12-15(3)39-27/h14-20,22-25,27,32-34,36-38H,11-13H2,1-10H3/t14-,15-,16+,17+,18-,19+,20-,22+,23?,24-,25-,27+,28-,29-/m1/s1. The molecular weight excluding hydrogens is 536 g/mol. The first-order chi connectivity index (χ1) is 18.8. The third-order valence-corrected chi connectivity index (χ3v) is 9.23. The summed E-state index contributed by atoms with van der Waals surface area (Å²) in [5, 5.41) is 70.3. The molecule has 0 saturated carbocycles. The zero-order valence-electron chi connectivity index (χ0n) is 26.3. The number of aliphatic hydroxyl groups is 5. The monoisotopic (exact) mass is 590 g/mol. The molecule has 2 heterocycles. The Morgan fingerprint density at radius 2 is 1.61 bits per heavy atom. The second-order valence-corrected chi connectivity index (χ2v) is 13.0. The Morgan fingerprint density at radius 1 is 1.02 bits per heavy atom. The first kappa shape index (κ1) is 35.8. The van der Waals surface area contributed by atoms with Gasteiger partial charge in [-0.1, -0.05) is 32.9 Å². The Kier molecular flexibility index (Phi) is 12.2. The van der Waals surface area contributed by atoms with Crippen LogP contribution in [0.5, 0.6) is 0 Å². The highest BCUT2D eigenvalue weighted by atomic mass is 16.7. The van der Waals surface area contributed by atoms with Crippen molar-refractivity contribution in [1.82, 2.24) is 4.90 Å². The van der Waals surface area contributed by atoms with Crippen molar-refractivity contribution >= 4 is 11.7 Å². The Balaban J connectivity index is 2.60. The molecule has 0 spiro atoms. The molecule has 240 valence electrons. The van der Waals surface area contributed by atoms with E-state index in [-0.39, 0.29) is 30.7 Å². The largest absolute Gasteiger partial charge is 0.459 e. The molecule has 0 amide bonds. The summed E-state index contributed by atoms with van der Waals surface area (Å²) in [6, 6.07) is -0.283. The smallest absolute Gasteiger partial charge is 0.311 e. The normalized spacial score (nSPS) is 48.6. The molecule has 0 aromatic carbocycles. The highest BCUT2D eigenvalue weighted by molar-refractivity contribution is 5.88. The van der Waals surface area contributed by atoms with Gasteiger partial charge in [-0.05, 0) is 61.1 Å². The molecule has 0 radical (unpaired) electrons. The molecule has 12 nitrogen and oxygen atoms in total. The minimum Gasteiger partial charge on any atom is -0.459 e. The summed E-state index contributed by atoms with van der Waals surface area (Å²) in [4.78, 5) is 15.1. The molecule has 2 fully saturated rings. The predicted octanol–water partition coefficient (Wildman–Crippen LogP) is 1.12. The molecule has 2 rings (SSSR count). The molecule has 1 unspecified atom stereocenters. The lowest BCUT2D eigenvalue weighted by molar-refractivity contribution is -0.298. The van der Waals surface area contributed by atoms with E-state index in [0.717, 1.165) is 0 Å². The quantitative estimate of drug-likeness (QED) is 0.157. The molecule has 0 aromatic heterocycles. The second kappa shape index (κ2) is 13.9. The van der Waals surface area contributed by atoms with Crippen LogP contribution in [0.15, 0.2) is 5.16 Å². The molecule has 12 heteroatoms. The number of likely N-dealkylation sites (N-methyl/N-ethyl adjacent to an activating group) is 1. The van der Waals surface area contributed by atoms with E-state index in [4.69, 9.17) is 14.2 Å². The van der Waals surface area contributed by atoms with Gasteiger partial charge in [0.15, 0.2) is 6.29 Å². The Hall–Kier alpha value is -1.38. The van der Waals surface area contributed by atoms with Crippen LogP contribution < -0.4 is 0 Å². The predicted molar refractivity (Wildman–Crippen MR) is 151 cm³/mol. The zero-order valence-corrected chi connectivity index (χ0v) is 26.3. The number of rotatable bonds is 4. The summed E-state index contributed by atoms with van der Waals surface area (Å²) in [5.74, 6) is -4.27. The van der Waals surface area contributed by atoms with Gasteiger partial charge in [-0.25, -0.2) is 0 Å². The maximum Gasteiger partial charge on any atom is 0.311 e.